The van der Waals surface area contributed by atoms with Crippen LogP contribution in [0.1, 0.15) is 30.4 Å². The van der Waals surface area contributed by atoms with Crippen LogP contribution in [0.5, 0.6) is 5.75 Å². The first-order valence-corrected chi connectivity index (χ1v) is 7.82. The Morgan fingerprint density at radius 2 is 2.18 bits per heavy atom. The van der Waals surface area contributed by atoms with Gasteiger partial charge in [-0.1, -0.05) is 6.07 Å². The van der Waals surface area contributed by atoms with Gasteiger partial charge >= 0.3 is 0 Å². The molecular formula is C17H27ClN2O2. The lowest BCUT2D eigenvalue weighted by molar-refractivity contribution is -0.121. The predicted octanol–water partition coefficient (Wildman–Crippen LogP) is 2.61. The van der Waals surface area contributed by atoms with Gasteiger partial charge in [-0.05, 0) is 69.0 Å². The summed E-state index contributed by atoms with van der Waals surface area (Å²) in [7, 11) is 0. The SMILES string of the molecule is Cc1ccc(OCCC(=O)NCC2CCCNC2)cc1C.Cl. The first-order chi connectivity index (χ1) is 10.1. The third-order valence-electron chi connectivity index (χ3n) is 4.06. The molecule has 1 heterocycles. The van der Waals surface area contributed by atoms with Crippen molar-refractivity contribution in [1.29, 1.82) is 0 Å². The van der Waals surface area contributed by atoms with Crippen LogP contribution in [0, 0.1) is 19.8 Å². The second-order valence-corrected chi connectivity index (χ2v) is 5.86. The van der Waals surface area contributed by atoms with Crippen molar-refractivity contribution in [3.63, 3.8) is 0 Å². The van der Waals surface area contributed by atoms with Crippen LogP contribution in [0.4, 0.5) is 0 Å². The van der Waals surface area contributed by atoms with Gasteiger partial charge < -0.3 is 15.4 Å². The van der Waals surface area contributed by atoms with Crippen LogP contribution in [0.2, 0.25) is 0 Å². The highest BCUT2D eigenvalue weighted by molar-refractivity contribution is 5.85. The monoisotopic (exact) mass is 326 g/mol. The molecule has 0 saturated carbocycles. The van der Waals surface area contributed by atoms with Crippen LogP contribution in [0.25, 0.3) is 0 Å². The highest BCUT2D eigenvalue weighted by Crippen LogP contribution is 2.16. The Morgan fingerprint density at radius 3 is 2.86 bits per heavy atom. The van der Waals surface area contributed by atoms with Crippen LogP contribution < -0.4 is 15.4 Å². The average molecular weight is 327 g/mol. The minimum atomic E-state index is 0. The first kappa shape index (κ1) is 18.8. The summed E-state index contributed by atoms with van der Waals surface area (Å²) in [5.74, 6) is 1.48. The minimum absolute atomic E-state index is 0. The fourth-order valence-corrected chi connectivity index (χ4v) is 2.51. The van der Waals surface area contributed by atoms with E-state index in [1.165, 1.54) is 24.0 Å². The lowest BCUT2D eigenvalue weighted by atomic mass is 10.00. The van der Waals surface area contributed by atoms with Crippen molar-refractivity contribution in [2.24, 2.45) is 5.92 Å². The number of nitrogens with one attached hydrogen (secondary N) is 2. The molecule has 1 aliphatic rings. The zero-order valence-electron chi connectivity index (χ0n) is 13.5. The average Bonchev–Trinajstić information content (AvgIpc) is 2.50. The van der Waals surface area contributed by atoms with Crippen molar-refractivity contribution in [3.05, 3.63) is 29.3 Å². The highest BCUT2D eigenvalue weighted by Gasteiger charge is 2.13. The molecule has 1 amide bonds. The van der Waals surface area contributed by atoms with Gasteiger partial charge in [0.05, 0.1) is 13.0 Å². The normalized spacial score (nSPS) is 17.5. The Balaban J connectivity index is 0.00000242. The van der Waals surface area contributed by atoms with Crippen molar-refractivity contribution < 1.29 is 9.53 Å². The van der Waals surface area contributed by atoms with Gasteiger partial charge in [0, 0.05) is 6.54 Å². The summed E-state index contributed by atoms with van der Waals surface area (Å²) in [4.78, 5) is 11.8. The van der Waals surface area contributed by atoms with Crippen molar-refractivity contribution in [1.82, 2.24) is 10.6 Å². The minimum Gasteiger partial charge on any atom is -0.493 e. The fourth-order valence-electron chi connectivity index (χ4n) is 2.51. The van der Waals surface area contributed by atoms with Gasteiger partial charge in [-0.3, -0.25) is 4.79 Å². The van der Waals surface area contributed by atoms with Gasteiger partial charge in [-0.2, -0.15) is 0 Å². The number of carbonyl (C=O) groups excluding carboxylic acids is 1. The summed E-state index contributed by atoms with van der Waals surface area (Å²) in [6.07, 6.45) is 2.82. The van der Waals surface area contributed by atoms with E-state index in [4.69, 9.17) is 4.74 Å². The number of aryl methyl sites for hydroxylation is 2. The smallest absolute Gasteiger partial charge is 0.223 e. The standard InChI is InChI=1S/C17H26N2O2.ClH/c1-13-5-6-16(10-14(13)2)21-9-7-17(20)19-12-15-4-3-8-18-11-15;/h5-6,10,15,18H,3-4,7-9,11-12H2,1-2H3,(H,19,20);1H. The van der Waals surface area contributed by atoms with Crippen molar-refractivity contribution in [3.8, 4) is 5.75 Å². The van der Waals surface area contributed by atoms with Crippen LogP contribution in [0.3, 0.4) is 0 Å². The van der Waals surface area contributed by atoms with Crippen molar-refractivity contribution in [2.45, 2.75) is 33.1 Å². The molecule has 124 valence electrons. The number of hydrogen-bond acceptors (Lipinski definition) is 3. The quantitative estimate of drug-likeness (QED) is 0.845. The molecule has 5 heteroatoms. The second-order valence-electron chi connectivity index (χ2n) is 5.86. The number of benzene rings is 1. The van der Waals surface area contributed by atoms with Crippen molar-refractivity contribution in [2.75, 3.05) is 26.2 Å². The molecule has 2 N–H and O–H groups in total. The molecule has 1 atom stereocenters. The van der Waals surface area contributed by atoms with Gasteiger partial charge in [0.1, 0.15) is 5.75 Å². The van der Waals surface area contributed by atoms with Gasteiger partial charge in [-0.15, -0.1) is 12.4 Å². The van der Waals surface area contributed by atoms with E-state index in [2.05, 4.69) is 24.5 Å². The van der Waals surface area contributed by atoms with E-state index in [0.717, 1.165) is 25.4 Å². The Hall–Kier alpha value is -1.26. The number of ether oxygens (including phenoxy) is 1. The summed E-state index contributed by atoms with van der Waals surface area (Å²) in [6.45, 7) is 7.46. The molecule has 0 bridgehead atoms. The molecule has 1 aliphatic heterocycles. The lowest BCUT2D eigenvalue weighted by Crippen LogP contribution is -2.38. The number of carbonyl (C=O) groups is 1. The van der Waals surface area contributed by atoms with Gasteiger partial charge in [0.15, 0.2) is 0 Å². The molecule has 1 aromatic carbocycles. The Morgan fingerprint density at radius 1 is 1.36 bits per heavy atom. The van der Waals surface area contributed by atoms with E-state index in [1.807, 2.05) is 18.2 Å². The zero-order valence-corrected chi connectivity index (χ0v) is 14.3. The van der Waals surface area contributed by atoms with Crippen LogP contribution in [-0.2, 0) is 4.79 Å². The van der Waals surface area contributed by atoms with E-state index in [0.29, 0.717) is 18.9 Å². The molecule has 4 nitrogen and oxygen atoms in total. The molecule has 0 radical (unpaired) electrons. The summed E-state index contributed by atoms with van der Waals surface area (Å²) in [5, 5.41) is 6.36. The number of halogens is 1. The molecule has 0 spiro atoms. The molecule has 1 fully saturated rings. The highest BCUT2D eigenvalue weighted by atomic mass is 35.5. The number of rotatable bonds is 6. The molecule has 0 aliphatic carbocycles. The predicted molar refractivity (Wildman–Crippen MR) is 91.9 cm³/mol. The maximum atomic E-state index is 11.8. The molecule has 22 heavy (non-hydrogen) atoms. The lowest BCUT2D eigenvalue weighted by Gasteiger charge is -2.22. The van der Waals surface area contributed by atoms with Gasteiger partial charge in [0.2, 0.25) is 5.91 Å². The molecule has 2 rings (SSSR count). The third-order valence-corrected chi connectivity index (χ3v) is 4.06. The summed E-state index contributed by atoms with van der Waals surface area (Å²) >= 11 is 0. The van der Waals surface area contributed by atoms with Crippen LogP contribution >= 0.6 is 12.4 Å². The maximum absolute atomic E-state index is 11.8. The van der Waals surface area contributed by atoms with E-state index in [9.17, 15) is 4.79 Å². The maximum Gasteiger partial charge on any atom is 0.223 e. The van der Waals surface area contributed by atoms with E-state index < -0.39 is 0 Å². The van der Waals surface area contributed by atoms with Gasteiger partial charge in [0.25, 0.3) is 0 Å². The zero-order chi connectivity index (χ0) is 15.1. The molecule has 1 aromatic rings. The van der Waals surface area contributed by atoms with Crippen LogP contribution in [0.15, 0.2) is 18.2 Å². The number of piperidine rings is 1. The second kappa shape index (κ2) is 9.70. The molecular weight excluding hydrogens is 300 g/mol. The summed E-state index contributed by atoms with van der Waals surface area (Å²) in [6, 6.07) is 6.01. The third kappa shape index (κ3) is 6.24. The number of hydrogen-bond donors (Lipinski definition) is 2. The van der Waals surface area contributed by atoms with E-state index in [-0.39, 0.29) is 18.3 Å². The number of amides is 1. The fraction of sp³-hybridized carbons (Fsp3) is 0.588. The Kier molecular flexibility index (Phi) is 8.28. The first-order valence-electron chi connectivity index (χ1n) is 7.82. The van der Waals surface area contributed by atoms with Gasteiger partial charge in [-0.25, -0.2) is 0 Å². The molecule has 1 unspecified atom stereocenters. The Labute approximate surface area is 139 Å². The molecule has 1 saturated heterocycles. The largest absolute Gasteiger partial charge is 0.493 e. The summed E-state index contributed by atoms with van der Waals surface area (Å²) < 4.78 is 5.63. The van der Waals surface area contributed by atoms with E-state index in [1.54, 1.807) is 0 Å². The van der Waals surface area contributed by atoms with E-state index >= 15 is 0 Å². The topological polar surface area (TPSA) is 50.4 Å². The Bertz CT molecular complexity index is 474. The summed E-state index contributed by atoms with van der Waals surface area (Å²) in [5.41, 5.74) is 2.46. The van der Waals surface area contributed by atoms with Crippen LogP contribution in [-0.4, -0.2) is 32.1 Å². The van der Waals surface area contributed by atoms with Crippen molar-refractivity contribution >= 4 is 18.3 Å². The molecule has 0 aromatic heterocycles.